The SMILES string of the molecule is COCCCN1C(=O)C(=O)/C(=C(/O)c2ccc(S(=O)(=O)N(C)C)cc2)C1c1ccc(Cl)c(Cl)c1. The lowest BCUT2D eigenvalue weighted by Crippen LogP contribution is -2.31. The molecule has 1 saturated heterocycles. The third-order valence-corrected chi connectivity index (χ3v) is 8.02. The van der Waals surface area contributed by atoms with Gasteiger partial charge in [-0.05, 0) is 48.4 Å². The van der Waals surface area contributed by atoms with Gasteiger partial charge >= 0.3 is 0 Å². The summed E-state index contributed by atoms with van der Waals surface area (Å²) in [5, 5.41) is 11.6. The first-order chi connectivity index (χ1) is 16.0. The van der Waals surface area contributed by atoms with Crippen LogP contribution in [0.1, 0.15) is 23.6 Å². The van der Waals surface area contributed by atoms with Crippen molar-refractivity contribution >= 4 is 50.7 Å². The third-order valence-electron chi connectivity index (χ3n) is 5.45. The number of ether oxygens (including phenoxy) is 1. The minimum absolute atomic E-state index is 0.0232. The van der Waals surface area contributed by atoms with Gasteiger partial charge in [0.1, 0.15) is 5.76 Å². The first kappa shape index (κ1) is 26.2. The van der Waals surface area contributed by atoms with Crippen LogP contribution in [0.15, 0.2) is 52.9 Å². The number of ketones is 1. The molecule has 1 aliphatic rings. The monoisotopic (exact) mass is 526 g/mol. The second-order valence-electron chi connectivity index (χ2n) is 7.82. The van der Waals surface area contributed by atoms with Gasteiger partial charge < -0.3 is 14.7 Å². The van der Waals surface area contributed by atoms with Gasteiger partial charge in [-0.15, -0.1) is 0 Å². The number of Topliss-reactive ketones (excluding diaryl/α,β-unsaturated/α-hetero) is 1. The number of methoxy groups -OCH3 is 1. The molecule has 1 atom stereocenters. The summed E-state index contributed by atoms with van der Waals surface area (Å²) in [4.78, 5) is 27.3. The number of nitrogens with zero attached hydrogens (tertiary/aromatic N) is 2. The van der Waals surface area contributed by atoms with E-state index < -0.39 is 33.5 Å². The molecular formula is C23H24Cl2N2O6S. The van der Waals surface area contributed by atoms with Gasteiger partial charge in [-0.25, -0.2) is 12.7 Å². The summed E-state index contributed by atoms with van der Waals surface area (Å²) in [6, 6.07) is 9.25. The highest BCUT2D eigenvalue weighted by Gasteiger charge is 2.46. The Morgan fingerprint density at radius 2 is 1.74 bits per heavy atom. The molecular weight excluding hydrogens is 503 g/mol. The second-order valence-corrected chi connectivity index (χ2v) is 10.8. The average molecular weight is 527 g/mol. The molecule has 2 aromatic rings. The van der Waals surface area contributed by atoms with E-state index in [1.807, 2.05) is 0 Å². The van der Waals surface area contributed by atoms with Crippen LogP contribution in [0.5, 0.6) is 0 Å². The van der Waals surface area contributed by atoms with Crippen molar-refractivity contribution < 1.29 is 27.9 Å². The Balaban J connectivity index is 2.12. The van der Waals surface area contributed by atoms with Crippen molar-refractivity contribution in [1.82, 2.24) is 9.21 Å². The maximum Gasteiger partial charge on any atom is 0.295 e. The Bertz CT molecular complexity index is 1240. The molecule has 0 saturated carbocycles. The molecule has 0 aromatic heterocycles. The van der Waals surface area contributed by atoms with Gasteiger partial charge in [0, 0.05) is 39.9 Å². The lowest BCUT2D eigenvalue weighted by molar-refractivity contribution is -0.140. The fourth-order valence-electron chi connectivity index (χ4n) is 3.67. The Labute approximate surface area is 208 Å². The van der Waals surface area contributed by atoms with E-state index in [0.717, 1.165) is 4.31 Å². The Morgan fingerprint density at radius 3 is 2.29 bits per heavy atom. The van der Waals surface area contributed by atoms with Crippen LogP contribution in [0.4, 0.5) is 0 Å². The van der Waals surface area contributed by atoms with E-state index in [9.17, 15) is 23.1 Å². The number of carbonyl (C=O) groups excluding carboxylic acids is 2. The van der Waals surface area contributed by atoms with Crippen molar-refractivity contribution in [1.29, 1.82) is 0 Å². The van der Waals surface area contributed by atoms with Crippen LogP contribution in [-0.2, 0) is 24.3 Å². The molecule has 8 nitrogen and oxygen atoms in total. The summed E-state index contributed by atoms with van der Waals surface area (Å²) < 4.78 is 30.8. The molecule has 182 valence electrons. The maximum absolute atomic E-state index is 13.0. The molecule has 1 aliphatic heterocycles. The number of aliphatic hydroxyl groups is 1. The molecule has 1 N–H and O–H groups in total. The van der Waals surface area contributed by atoms with E-state index >= 15 is 0 Å². The zero-order valence-corrected chi connectivity index (χ0v) is 21.1. The minimum atomic E-state index is -3.67. The van der Waals surface area contributed by atoms with Crippen LogP contribution in [0.25, 0.3) is 5.76 Å². The van der Waals surface area contributed by atoms with Crippen molar-refractivity contribution in [2.24, 2.45) is 0 Å². The molecule has 0 aliphatic carbocycles. The number of likely N-dealkylation sites (tertiary alicyclic amines) is 1. The topological polar surface area (TPSA) is 104 Å². The first-order valence-corrected chi connectivity index (χ1v) is 12.5. The van der Waals surface area contributed by atoms with Crippen LogP contribution in [0.3, 0.4) is 0 Å². The van der Waals surface area contributed by atoms with Crippen molar-refractivity contribution in [2.75, 3.05) is 34.4 Å². The van der Waals surface area contributed by atoms with Crippen molar-refractivity contribution in [3.8, 4) is 0 Å². The standard InChI is InChI=1S/C23H24Cl2N2O6S/c1-26(2)34(31,32)16-8-5-14(6-9-16)21(28)19-20(15-7-10-17(24)18(25)13-15)27(11-4-12-33-3)23(30)22(19)29/h5-10,13,20,28H,4,11-12H2,1-3H3/b21-19+. The largest absolute Gasteiger partial charge is 0.507 e. The van der Waals surface area contributed by atoms with Gasteiger partial charge in [-0.3, -0.25) is 9.59 Å². The molecule has 1 amide bonds. The number of rotatable bonds is 8. The summed E-state index contributed by atoms with van der Waals surface area (Å²) in [6.07, 6.45) is 0.471. The molecule has 0 spiro atoms. The maximum atomic E-state index is 13.0. The first-order valence-electron chi connectivity index (χ1n) is 10.3. The van der Waals surface area contributed by atoms with Gasteiger partial charge in [0.25, 0.3) is 11.7 Å². The van der Waals surface area contributed by atoms with Crippen LogP contribution < -0.4 is 0 Å². The number of hydrogen-bond donors (Lipinski definition) is 1. The van der Waals surface area contributed by atoms with Gasteiger partial charge in [0.15, 0.2) is 0 Å². The highest BCUT2D eigenvalue weighted by Crippen LogP contribution is 2.41. The fourth-order valence-corrected chi connectivity index (χ4v) is 4.88. The van der Waals surface area contributed by atoms with Crippen LogP contribution in [0.2, 0.25) is 10.0 Å². The lowest BCUT2D eigenvalue weighted by atomic mass is 9.95. The van der Waals surface area contributed by atoms with E-state index in [-0.39, 0.29) is 27.6 Å². The summed E-state index contributed by atoms with van der Waals surface area (Å²) >= 11 is 12.2. The summed E-state index contributed by atoms with van der Waals surface area (Å²) in [6.45, 7) is 0.582. The highest BCUT2D eigenvalue weighted by molar-refractivity contribution is 7.89. The Hall–Kier alpha value is -2.43. The van der Waals surface area contributed by atoms with Gasteiger partial charge in [0.2, 0.25) is 10.0 Å². The molecule has 1 fully saturated rings. The van der Waals surface area contributed by atoms with Gasteiger partial charge in [0.05, 0.1) is 26.6 Å². The molecule has 0 bridgehead atoms. The van der Waals surface area contributed by atoms with Crippen LogP contribution >= 0.6 is 23.2 Å². The molecule has 1 heterocycles. The van der Waals surface area contributed by atoms with Crippen molar-refractivity contribution in [3.63, 3.8) is 0 Å². The van der Waals surface area contributed by atoms with Crippen molar-refractivity contribution in [2.45, 2.75) is 17.4 Å². The molecule has 11 heteroatoms. The number of aliphatic hydroxyl groups excluding tert-OH is 1. The van der Waals surface area contributed by atoms with Gasteiger partial charge in [-0.2, -0.15) is 0 Å². The van der Waals surface area contributed by atoms with E-state index in [1.165, 1.54) is 50.4 Å². The van der Waals surface area contributed by atoms with Gasteiger partial charge in [-0.1, -0.05) is 29.3 Å². The minimum Gasteiger partial charge on any atom is -0.507 e. The smallest absolute Gasteiger partial charge is 0.295 e. The second kappa shape index (κ2) is 10.5. The predicted molar refractivity (Wildman–Crippen MR) is 129 cm³/mol. The lowest BCUT2D eigenvalue weighted by Gasteiger charge is -2.25. The summed E-state index contributed by atoms with van der Waals surface area (Å²) in [7, 11) is 0.674. The van der Waals surface area contributed by atoms with E-state index in [1.54, 1.807) is 18.2 Å². The normalized spacial score (nSPS) is 18.2. The molecule has 3 rings (SSSR count). The zero-order valence-electron chi connectivity index (χ0n) is 18.8. The molecule has 2 aromatic carbocycles. The Kier molecular flexibility index (Phi) is 8.05. The van der Waals surface area contributed by atoms with Crippen molar-refractivity contribution in [3.05, 3.63) is 69.2 Å². The summed E-state index contributed by atoms with van der Waals surface area (Å²) in [5.41, 5.74) is 0.570. The fraction of sp³-hybridized carbons (Fsp3) is 0.304. The molecule has 34 heavy (non-hydrogen) atoms. The van der Waals surface area contributed by atoms with Crippen LogP contribution in [-0.4, -0.2) is 68.8 Å². The number of hydrogen-bond acceptors (Lipinski definition) is 6. The quantitative estimate of drug-likeness (QED) is 0.243. The highest BCUT2D eigenvalue weighted by atomic mass is 35.5. The predicted octanol–water partition coefficient (Wildman–Crippen LogP) is 3.70. The number of sulfonamides is 1. The van der Waals surface area contributed by atoms with E-state index in [0.29, 0.717) is 23.6 Å². The van der Waals surface area contributed by atoms with E-state index in [4.69, 9.17) is 27.9 Å². The third kappa shape index (κ3) is 4.99. The molecule has 1 unspecified atom stereocenters. The van der Waals surface area contributed by atoms with Crippen LogP contribution in [0, 0.1) is 0 Å². The molecule has 0 radical (unpaired) electrons. The number of benzene rings is 2. The summed E-state index contributed by atoms with van der Waals surface area (Å²) in [5.74, 6) is -2.03. The number of amides is 1. The Morgan fingerprint density at radius 1 is 1.09 bits per heavy atom. The number of carbonyl (C=O) groups is 2. The average Bonchev–Trinajstić information content (AvgIpc) is 3.05. The number of halogens is 2. The zero-order chi connectivity index (χ0) is 25.2. The van der Waals surface area contributed by atoms with E-state index in [2.05, 4.69) is 0 Å².